The van der Waals surface area contributed by atoms with Gasteiger partial charge >= 0.3 is 29.8 Å². The number of carbonyl (C=O) groups excluding carboxylic acids is 5. The van der Waals surface area contributed by atoms with Gasteiger partial charge in [-0.3, -0.25) is 18.6 Å². The quantitative estimate of drug-likeness (QED) is 0.0777. The molecule has 1 aliphatic heterocycles. The molecule has 0 aromatic carbocycles. The van der Waals surface area contributed by atoms with E-state index < -0.39 is 82.8 Å². The van der Waals surface area contributed by atoms with Crippen LogP contribution >= 0.6 is 0 Å². The molecule has 0 radical (unpaired) electrons. The first-order valence-electron chi connectivity index (χ1n) is 11.0. The minimum Gasteiger partial charge on any atom is -0.463 e. The molecule has 5 atom stereocenters. The summed E-state index contributed by atoms with van der Waals surface area (Å²) in [6.07, 6.45) is -6.07. The SMILES string of the molecule is CCOC(=O)C(=CN[C@@H]1O[C@H](COC(C)=O)[C@@H](OS(C)(=O)=O)[C@H](OC(C)=O)[C@H]1OC(C)=O)C(=O)OCC. The molecule has 0 aromatic rings. The van der Waals surface area contributed by atoms with E-state index in [-0.39, 0.29) is 13.2 Å². The minimum atomic E-state index is -4.20. The Morgan fingerprint density at radius 3 is 1.76 bits per heavy atom. The molecule has 0 amide bonds. The molecule has 1 N–H and O–H groups in total. The van der Waals surface area contributed by atoms with Crippen molar-refractivity contribution >= 4 is 40.0 Å². The smallest absolute Gasteiger partial charge is 0.347 e. The number of hydrogen-bond donors (Lipinski definition) is 1. The summed E-state index contributed by atoms with van der Waals surface area (Å²) in [6, 6.07) is 0. The van der Waals surface area contributed by atoms with Crippen LogP contribution in [0.1, 0.15) is 34.6 Å². The highest BCUT2D eigenvalue weighted by Gasteiger charge is 2.52. The maximum absolute atomic E-state index is 12.3. The molecule has 0 unspecified atom stereocenters. The molecule has 1 heterocycles. The zero-order valence-corrected chi connectivity index (χ0v) is 22.0. The Kier molecular flexibility index (Phi) is 12.4. The maximum Gasteiger partial charge on any atom is 0.347 e. The molecule has 1 saturated heterocycles. The van der Waals surface area contributed by atoms with Crippen molar-refractivity contribution in [1.29, 1.82) is 0 Å². The summed E-state index contributed by atoms with van der Waals surface area (Å²) in [5, 5.41) is 2.56. The average Bonchev–Trinajstić information content (AvgIpc) is 2.75. The van der Waals surface area contributed by atoms with Crippen LogP contribution in [0.15, 0.2) is 11.8 Å². The van der Waals surface area contributed by atoms with E-state index in [1.165, 1.54) is 13.8 Å². The van der Waals surface area contributed by atoms with Crippen LogP contribution in [-0.2, 0) is 66.7 Å². The van der Waals surface area contributed by atoms with E-state index in [9.17, 15) is 32.4 Å². The summed E-state index contributed by atoms with van der Waals surface area (Å²) in [6.45, 7) is 5.47. The van der Waals surface area contributed by atoms with Crippen molar-refractivity contribution < 1.29 is 65.0 Å². The number of hydrogen-bond acceptors (Lipinski definition) is 15. The topological polar surface area (TPSA) is 196 Å². The van der Waals surface area contributed by atoms with Crippen molar-refractivity contribution in [2.24, 2.45) is 0 Å². The molecule has 1 fully saturated rings. The molecule has 0 spiro atoms. The second-order valence-electron chi connectivity index (χ2n) is 7.48. The van der Waals surface area contributed by atoms with E-state index in [1.54, 1.807) is 0 Å². The van der Waals surface area contributed by atoms with Gasteiger partial charge in [-0.1, -0.05) is 0 Å². The lowest BCUT2D eigenvalue weighted by molar-refractivity contribution is -0.245. The zero-order valence-electron chi connectivity index (χ0n) is 21.2. The standard InChI is InChI=1S/C21H31NO14S/c1-7-30-20(26)14(21(27)31-8-2)9-22-19-18(34-13(5)25)17(33-12(4)24)16(36-37(6,28)29)15(35-19)10-32-11(3)23/h9,15-19,22H,7-8,10H2,1-6H3/t15-,16-,17+,18-,19-/m1/s1. The van der Waals surface area contributed by atoms with Gasteiger partial charge in [0, 0.05) is 27.0 Å². The third-order valence-corrected chi connectivity index (χ3v) is 4.93. The van der Waals surface area contributed by atoms with Crippen molar-refractivity contribution in [3.63, 3.8) is 0 Å². The Labute approximate surface area is 213 Å². The molecule has 0 aromatic heterocycles. The van der Waals surface area contributed by atoms with Gasteiger partial charge in [-0.2, -0.15) is 8.42 Å². The third kappa shape index (κ3) is 10.7. The lowest BCUT2D eigenvalue weighted by Crippen LogP contribution is -2.65. The molecule has 16 heteroatoms. The molecule has 1 rings (SSSR count). The van der Waals surface area contributed by atoms with Crippen LogP contribution < -0.4 is 5.32 Å². The van der Waals surface area contributed by atoms with Gasteiger partial charge in [0.15, 0.2) is 24.0 Å². The number of ether oxygens (including phenoxy) is 6. The first-order valence-corrected chi connectivity index (χ1v) is 12.8. The molecule has 0 saturated carbocycles. The van der Waals surface area contributed by atoms with Crippen LogP contribution in [0.25, 0.3) is 0 Å². The number of esters is 5. The van der Waals surface area contributed by atoms with E-state index in [0.29, 0.717) is 0 Å². The predicted octanol–water partition coefficient (Wildman–Crippen LogP) is -0.918. The molecular formula is C21H31NO14S. The van der Waals surface area contributed by atoms with Crippen molar-refractivity contribution in [1.82, 2.24) is 5.32 Å². The van der Waals surface area contributed by atoms with Crippen LogP contribution in [0.4, 0.5) is 0 Å². The first-order chi connectivity index (χ1) is 17.2. The Morgan fingerprint density at radius 1 is 0.811 bits per heavy atom. The molecule has 1 aliphatic rings. The van der Waals surface area contributed by atoms with Crippen molar-refractivity contribution in [3.05, 3.63) is 11.8 Å². The zero-order chi connectivity index (χ0) is 28.3. The molecule has 0 bridgehead atoms. The van der Waals surface area contributed by atoms with Crippen LogP contribution in [0.2, 0.25) is 0 Å². The van der Waals surface area contributed by atoms with Crippen LogP contribution in [-0.4, -0.2) is 95.0 Å². The monoisotopic (exact) mass is 553 g/mol. The van der Waals surface area contributed by atoms with Gasteiger partial charge in [-0.15, -0.1) is 0 Å². The lowest BCUT2D eigenvalue weighted by Gasteiger charge is -2.44. The maximum atomic E-state index is 12.3. The molecule has 210 valence electrons. The largest absolute Gasteiger partial charge is 0.463 e. The van der Waals surface area contributed by atoms with E-state index in [1.807, 2.05) is 0 Å². The Bertz CT molecular complexity index is 971. The van der Waals surface area contributed by atoms with Gasteiger partial charge in [-0.25, -0.2) is 9.59 Å². The number of nitrogens with one attached hydrogen (secondary N) is 1. The number of carbonyl (C=O) groups is 5. The Balaban J connectivity index is 3.56. The minimum absolute atomic E-state index is 0.0604. The van der Waals surface area contributed by atoms with Crippen molar-refractivity contribution in [2.75, 3.05) is 26.1 Å². The van der Waals surface area contributed by atoms with E-state index in [2.05, 4.69) is 5.32 Å². The van der Waals surface area contributed by atoms with Gasteiger partial charge in [0.2, 0.25) is 0 Å². The Morgan fingerprint density at radius 2 is 1.32 bits per heavy atom. The van der Waals surface area contributed by atoms with E-state index >= 15 is 0 Å². The fourth-order valence-electron chi connectivity index (χ4n) is 3.13. The second kappa shape index (κ2) is 14.5. The predicted molar refractivity (Wildman–Crippen MR) is 121 cm³/mol. The normalized spacial score (nSPS) is 23.1. The second-order valence-corrected chi connectivity index (χ2v) is 9.08. The molecule has 15 nitrogen and oxygen atoms in total. The highest BCUT2D eigenvalue weighted by molar-refractivity contribution is 7.86. The third-order valence-electron chi connectivity index (χ3n) is 4.36. The van der Waals surface area contributed by atoms with Crippen LogP contribution in [0.3, 0.4) is 0 Å². The van der Waals surface area contributed by atoms with Gasteiger partial charge in [0.1, 0.15) is 18.8 Å². The van der Waals surface area contributed by atoms with E-state index in [0.717, 1.165) is 33.2 Å². The summed E-state index contributed by atoms with van der Waals surface area (Å²) in [4.78, 5) is 59.7. The van der Waals surface area contributed by atoms with Crippen LogP contribution in [0, 0.1) is 0 Å². The highest BCUT2D eigenvalue weighted by Crippen LogP contribution is 2.29. The Hall–Kier alpha value is -3.24. The summed E-state index contributed by atoms with van der Waals surface area (Å²) in [5.41, 5.74) is -0.580. The summed E-state index contributed by atoms with van der Waals surface area (Å²) in [7, 11) is -4.20. The lowest BCUT2D eigenvalue weighted by atomic mass is 9.97. The van der Waals surface area contributed by atoms with Crippen LogP contribution in [0.5, 0.6) is 0 Å². The fourth-order valence-corrected chi connectivity index (χ4v) is 3.77. The summed E-state index contributed by atoms with van der Waals surface area (Å²) >= 11 is 0. The van der Waals surface area contributed by atoms with E-state index in [4.69, 9.17) is 32.6 Å². The highest BCUT2D eigenvalue weighted by atomic mass is 32.2. The van der Waals surface area contributed by atoms with Crippen molar-refractivity contribution in [2.45, 2.75) is 65.3 Å². The van der Waals surface area contributed by atoms with Gasteiger partial charge in [0.05, 0.1) is 19.5 Å². The molecule has 37 heavy (non-hydrogen) atoms. The average molecular weight is 554 g/mol. The van der Waals surface area contributed by atoms with Gasteiger partial charge in [-0.05, 0) is 13.8 Å². The van der Waals surface area contributed by atoms with Gasteiger partial charge in [0.25, 0.3) is 10.1 Å². The molecule has 0 aliphatic carbocycles. The summed E-state index contributed by atoms with van der Waals surface area (Å²) in [5.74, 6) is -4.61. The van der Waals surface area contributed by atoms with Gasteiger partial charge < -0.3 is 33.7 Å². The first kappa shape index (κ1) is 31.8. The fraction of sp³-hybridized carbons (Fsp3) is 0.667. The summed E-state index contributed by atoms with van der Waals surface area (Å²) < 4.78 is 59.8. The number of rotatable bonds is 12. The molecular weight excluding hydrogens is 522 g/mol. The van der Waals surface area contributed by atoms with Crippen molar-refractivity contribution in [3.8, 4) is 0 Å².